The molecular weight excluding hydrogens is 1530 g/mol. The summed E-state index contributed by atoms with van der Waals surface area (Å²) >= 11 is 0. The number of hydrogen-bond acceptors (Lipinski definition) is 26. The van der Waals surface area contributed by atoms with Crippen LogP contribution in [0.15, 0.2) is 72.8 Å². The summed E-state index contributed by atoms with van der Waals surface area (Å²) in [5.41, 5.74) is 10.0. The van der Waals surface area contributed by atoms with Crippen LogP contribution in [-0.4, -0.2) is 151 Å². The SMILES string of the molecule is COc1cc(C)cc(CN2CCN(Cc3cc(C)cc(OC)c3[O-])CCN(Cc3cc(C)cc(OC)c3[O-])CC2)c1[O-].COc1cc(C)cc(CN2CCN(Cc3cc(C)cc(OC)c3[O-])CCN(Cc3cc(C)cc(OC)c3[O-])CC2)c1[O-].[Ce+3].[Ni+2].[Ni+3].[O-][Cl+3]([O-])([O-])[O-].[O-][Cl+3]([O-])([O-])[O-]. The number of benzene rings is 6. The second-order valence-corrected chi connectivity index (χ2v) is 24.7. The second-order valence-electron chi connectivity index (χ2n) is 23.1. The quantitative estimate of drug-likeness (QED) is 0.0737. The number of hydrogen-bond donors (Lipinski definition) is 0. The predicted molar refractivity (Wildman–Crippen MR) is 315 cm³/mol. The zero-order valence-electron chi connectivity index (χ0n) is 56.4. The van der Waals surface area contributed by atoms with Gasteiger partial charge in [0.25, 0.3) is 0 Å². The molecule has 0 saturated carbocycles. The summed E-state index contributed by atoms with van der Waals surface area (Å²) in [5.74, 6) is 1.54. The molecule has 0 aliphatic carbocycles. The van der Waals surface area contributed by atoms with Gasteiger partial charge in [-0.1, -0.05) is 70.9 Å². The summed E-state index contributed by atoms with van der Waals surface area (Å²) in [6.07, 6.45) is 0. The van der Waals surface area contributed by atoms with Gasteiger partial charge in [0.15, 0.2) is 0 Å². The van der Waals surface area contributed by atoms with Crippen LogP contribution in [0.1, 0.15) is 66.8 Å². The van der Waals surface area contributed by atoms with E-state index < -0.39 is 20.5 Å². The smallest absolute Gasteiger partial charge is 0.870 e. The van der Waals surface area contributed by atoms with Gasteiger partial charge >= 0.3 is 74.7 Å². The maximum absolute atomic E-state index is 13.1. The molecule has 8 rings (SSSR count). The Labute approximate surface area is 626 Å². The fraction of sp³-hybridized carbons (Fsp3) is 0.455. The molecule has 31 heteroatoms. The van der Waals surface area contributed by atoms with Crippen molar-refractivity contribution in [3.63, 3.8) is 0 Å². The Morgan fingerprint density at radius 1 is 0.268 bits per heavy atom. The van der Waals surface area contributed by atoms with Gasteiger partial charge in [-0.05, 0) is 145 Å². The number of methoxy groups -OCH3 is 6. The van der Waals surface area contributed by atoms with E-state index in [1.54, 1.807) is 36.4 Å². The maximum atomic E-state index is 13.1. The Bertz CT molecular complexity index is 2840. The van der Waals surface area contributed by atoms with Crippen LogP contribution < -0.4 is 96.3 Å². The van der Waals surface area contributed by atoms with Gasteiger partial charge < -0.3 is 59.1 Å². The molecule has 2 aliphatic rings. The number of aryl methyl sites for hydroxylation is 6. The molecule has 2 saturated heterocycles. The molecule has 2 heterocycles. The van der Waals surface area contributed by atoms with Crippen molar-refractivity contribution in [1.29, 1.82) is 0 Å². The minimum atomic E-state index is -4.94. The molecule has 0 atom stereocenters. The Balaban J connectivity index is 0.000000563. The van der Waals surface area contributed by atoms with E-state index in [0.717, 1.165) is 33.4 Å². The van der Waals surface area contributed by atoms with E-state index in [1.807, 2.05) is 77.9 Å². The van der Waals surface area contributed by atoms with E-state index in [0.29, 0.717) is 186 Å². The standard InChI is InChI=1S/2C33H45N3O6.Ce.2ClHO4.2Ni/c2*1-22-13-25(31(37)28(16-22)40-4)19-34-7-9-35(20-26-14-23(2)17-29(41-5)32(26)38)11-12-36(10-8-34)21-27-15-24(3)18-30(42-6)33(27)39;;2*2-1(3,4)5;;/h2*13-18,37-39H,7-12,19-21H2,1-6H3;;2*(H,2,3,4,5);;/q;;+3;;;+2;+3/p-8. The molecule has 6 aromatic carbocycles. The minimum absolute atomic E-state index is 0. The summed E-state index contributed by atoms with van der Waals surface area (Å²) in [5, 5.41) is 78.3. The number of nitrogens with zero attached hydrogens (tertiary/aromatic N) is 6. The van der Waals surface area contributed by atoms with Crippen LogP contribution in [0.2, 0.25) is 0 Å². The van der Waals surface area contributed by atoms with E-state index in [4.69, 9.17) is 65.7 Å². The van der Waals surface area contributed by atoms with Gasteiger partial charge in [0, 0.05) is 118 Å². The molecular formula is C66H84CeCl2N6Ni2O20. The molecule has 536 valence electrons. The summed E-state index contributed by atoms with van der Waals surface area (Å²) in [6, 6.07) is 22.2. The van der Waals surface area contributed by atoms with Gasteiger partial charge in [-0.2, -0.15) is 0 Å². The zero-order valence-corrected chi connectivity index (χ0v) is 63.0. The van der Waals surface area contributed by atoms with Crippen molar-refractivity contribution < 1.29 is 192 Å². The first kappa shape index (κ1) is 88.4. The summed E-state index contributed by atoms with van der Waals surface area (Å²) in [7, 11) is -0.775. The van der Waals surface area contributed by atoms with Gasteiger partial charge in [0.1, 0.15) is 34.5 Å². The van der Waals surface area contributed by atoms with E-state index in [-0.39, 0.29) is 109 Å². The zero-order chi connectivity index (χ0) is 69.8. The molecule has 97 heavy (non-hydrogen) atoms. The second kappa shape index (κ2) is 41.9. The third-order valence-electron chi connectivity index (χ3n) is 15.7. The molecule has 0 N–H and O–H groups in total. The molecule has 0 aromatic heterocycles. The molecule has 2 aliphatic heterocycles. The van der Waals surface area contributed by atoms with Crippen molar-refractivity contribution in [3.05, 3.63) is 140 Å². The third-order valence-corrected chi connectivity index (χ3v) is 15.7. The molecule has 0 bridgehead atoms. The fourth-order valence-corrected chi connectivity index (χ4v) is 11.3. The number of ether oxygens (including phenoxy) is 6. The maximum Gasteiger partial charge on any atom is 3.00 e. The van der Waals surface area contributed by atoms with Crippen LogP contribution in [0.3, 0.4) is 0 Å². The van der Waals surface area contributed by atoms with Crippen LogP contribution >= 0.6 is 0 Å². The fourth-order valence-electron chi connectivity index (χ4n) is 11.3. The van der Waals surface area contributed by atoms with Crippen LogP contribution in [0.25, 0.3) is 0 Å². The Hall–Kier alpha value is -4.70. The summed E-state index contributed by atoms with van der Waals surface area (Å²) < 4.78 is 100.0. The van der Waals surface area contributed by atoms with Crippen molar-refractivity contribution in [2.45, 2.75) is 80.8 Å². The molecule has 0 amide bonds. The Morgan fingerprint density at radius 2 is 0.371 bits per heavy atom. The third kappa shape index (κ3) is 29.4. The van der Waals surface area contributed by atoms with E-state index in [9.17, 15) is 30.6 Å². The summed E-state index contributed by atoms with van der Waals surface area (Å²) in [4.78, 5) is 13.6. The molecule has 0 unspecified atom stereocenters. The predicted octanol–water partition coefficient (Wildman–Crippen LogP) is -4.16. The molecule has 0 spiro atoms. The van der Waals surface area contributed by atoms with E-state index in [2.05, 4.69) is 29.4 Å². The van der Waals surface area contributed by atoms with Crippen molar-refractivity contribution in [2.24, 2.45) is 0 Å². The molecule has 2 radical (unpaired) electrons. The van der Waals surface area contributed by atoms with Crippen LogP contribution in [0.5, 0.6) is 69.0 Å². The normalized spacial score (nSPS) is 14.7. The van der Waals surface area contributed by atoms with Gasteiger partial charge in [0.05, 0.1) is 42.7 Å². The van der Waals surface area contributed by atoms with Crippen molar-refractivity contribution in [3.8, 4) is 69.0 Å². The van der Waals surface area contributed by atoms with Crippen molar-refractivity contribution >= 4 is 0 Å². The minimum Gasteiger partial charge on any atom is -0.870 e. The van der Waals surface area contributed by atoms with Gasteiger partial charge in [0.2, 0.25) is 0 Å². The molecule has 2 fully saturated rings. The number of rotatable bonds is 18. The van der Waals surface area contributed by atoms with Crippen molar-refractivity contribution in [1.82, 2.24) is 29.4 Å². The monoisotopic (exact) mass is 1610 g/mol. The van der Waals surface area contributed by atoms with Crippen LogP contribution in [0.4, 0.5) is 0 Å². The average molecular weight is 1610 g/mol. The average Bonchev–Trinajstić information content (AvgIpc) is 1.69. The van der Waals surface area contributed by atoms with E-state index in [1.165, 1.54) is 42.7 Å². The molecule has 26 nitrogen and oxygen atoms in total. The Kier molecular flexibility index (Phi) is 38.2. The van der Waals surface area contributed by atoms with E-state index >= 15 is 0 Å². The first-order valence-corrected chi connectivity index (χ1v) is 32.3. The Morgan fingerprint density at radius 3 is 0.464 bits per heavy atom. The van der Waals surface area contributed by atoms with Gasteiger partial charge in [-0.15, -0.1) is 20.5 Å². The topological polar surface area (TPSA) is 398 Å². The summed E-state index contributed by atoms with van der Waals surface area (Å²) in [6.45, 7) is 23.2. The molecule has 6 aromatic rings. The first-order chi connectivity index (χ1) is 44.2. The first-order valence-electron chi connectivity index (χ1n) is 29.9. The largest absolute Gasteiger partial charge is 3.00 e. The van der Waals surface area contributed by atoms with Crippen molar-refractivity contribution in [2.75, 3.05) is 121 Å². The number of halogens is 2. The van der Waals surface area contributed by atoms with Crippen LogP contribution in [-0.2, 0) is 72.3 Å². The van der Waals surface area contributed by atoms with Gasteiger partial charge in [-0.3, -0.25) is 29.4 Å². The van der Waals surface area contributed by atoms with Crippen LogP contribution in [0, 0.1) is 104 Å². The van der Waals surface area contributed by atoms with Gasteiger partial charge in [-0.25, -0.2) is 37.3 Å².